The fraction of sp³-hybridized carbons (Fsp3) is 0.154. The van der Waals surface area contributed by atoms with Crippen molar-refractivity contribution >= 4 is 47.9 Å². The molecule has 0 radical (unpaired) electrons. The minimum Gasteiger partial charge on any atom is -0.326 e. The van der Waals surface area contributed by atoms with Gasteiger partial charge in [0.25, 0.3) is 10.0 Å². The summed E-state index contributed by atoms with van der Waals surface area (Å²) in [5, 5.41) is 2.86. The quantitative estimate of drug-likeness (QED) is 0.765. The third kappa shape index (κ3) is 2.67. The van der Waals surface area contributed by atoms with Crippen LogP contribution >= 0.6 is 22.7 Å². The van der Waals surface area contributed by atoms with Crippen LogP contribution in [0.15, 0.2) is 34.5 Å². The molecular formula is C13H13N3O2S3. The number of hydrogen-bond donors (Lipinski definition) is 2. The zero-order valence-electron chi connectivity index (χ0n) is 11.2. The number of nitrogens with zero attached hydrogens (tertiary/aromatic N) is 1. The van der Waals surface area contributed by atoms with E-state index in [-0.39, 0.29) is 11.4 Å². The Kier molecular flexibility index (Phi) is 3.70. The van der Waals surface area contributed by atoms with Crippen molar-refractivity contribution in [2.75, 3.05) is 4.72 Å². The summed E-state index contributed by atoms with van der Waals surface area (Å²) in [7, 11) is -3.70. The molecule has 0 aliphatic rings. The Morgan fingerprint density at radius 1 is 1.33 bits per heavy atom. The third-order valence-electron chi connectivity index (χ3n) is 2.91. The Hall–Kier alpha value is -1.48. The lowest BCUT2D eigenvalue weighted by Gasteiger charge is -2.06. The van der Waals surface area contributed by atoms with E-state index in [9.17, 15) is 8.42 Å². The highest BCUT2D eigenvalue weighted by Crippen LogP contribution is 2.35. The summed E-state index contributed by atoms with van der Waals surface area (Å²) in [5.74, 6) is 0. The molecule has 0 bridgehead atoms. The van der Waals surface area contributed by atoms with Gasteiger partial charge in [0, 0.05) is 26.9 Å². The Labute approximate surface area is 130 Å². The number of aryl methyl sites for hydroxylation is 1. The normalized spacial score (nSPS) is 11.9. The number of thiophene rings is 1. The van der Waals surface area contributed by atoms with E-state index in [1.54, 1.807) is 11.4 Å². The van der Waals surface area contributed by atoms with E-state index < -0.39 is 10.0 Å². The van der Waals surface area contributed by atoms with Gasteiger partial charge in [0.2, 0.25) is 0 Å². The minimum absolute atomic E-state index is 0.187. The van der Waals surface area contributed by atoms with Crippen molar-refractivity contribution < 1.29 is 8.42 Å². The topological polar surface area (TPSA) is 85.1 Å². The number of nitrogens with one attached hydrogen (secondary N) is 1. The summed E-state index contributed by atoms with van der Waals surface area (Å²) in [6.45, 7) is 2.01. The number of hydrogen-bond acceptors (Lipinski definition) is 6. The first-order chi connectivity index (χ1) is 10.0. The van der Waals surface area contributed by atoms with Gasteiger partial charge in [-0.05, 0) is 13.0 Å². The Balaban J connectivity index is 2.13. The predicted molar refractivity (Wildman–Crippen MR) is 87.4 cm³/mol. The highest BCUT2D eigenvalue weighted by molar-refractivity contribution is 7.93. The molecule has 3 aromatic rings. The van der Waals surface area contributed by atoms with Gasteiger partial charge in [0.05, 0.1) is 5.69 Å². The number of fused-ring (bicyclic) bond motifs is 1. The van der Waals surface area contributed by atoms with E-state index in [1.807, 2.05) is 25.1 Å². The first-order valence-electron chi connectivity index (χ1n) is 6.16. The molecular weight excluding hydrogens is 326 g/mol. The molecule has 1 aromatic carbocycles. The maximum atomic E-state index is 12.7. The number of rotatable bonds is 4. The Morgan fingerprint density at radius 3 is 2.76 bits per heavy atom. The van der Waals surface area contributed by atoms with E-state index in [0.29, 0.717) is 15.4 Å². The molecule has 0 fully saturated rings. The van der Waals surface area contributed by atoms with Gasteiger partial charge in [-0.15, -0.1) is 22.7 Å². The minimum atomic E-state index is -3.70. The molecule has 2 heterocycles. The standard InChI is InChI=1S/C13H13N3O2S3/c1-8-7-19-13(15-8)16-21(17,18)12-9-4-2-3-5-10(9)20-11(12)6-14/h2-5,7H,6,14H2,1H3,(H,15,16). The van der Waals surface area contributed by atoms with Gasteiger partial charge in [0.1, 0.15) is 4.90 Å². The summed E-state index contributed by atoms with van der Waals surface area (Å²) in [5.41, 5.74) is 6.50. The van der Waals surface area contributed by atoms with Crippen LogP contribution in [-0.4, -0.2) is 13.4 Å². The smallest absolute Gasteiger partial charge is 0.265 e. The van der Waals surface area contributed by atoms with Gasteiger partial charge in [-0.2, -0.15) is 0 Å². The predicted octanol–water partition coefficient (Wildman–Crippen LogP) is 2.93. The number of nitrogens with two attached hydrogens (primary N) is 1. The second-order valence-corrected chi connectivity index (χ2v) is 8.07. The average molecular weight is 339 g/mol. The van der Waals surface area contributed by atoms with E-state index >= 15 is 0 Å². The Bertz CT molecular complexity index is 896. The molecule has 3 N–H and O–H groups in total. The number of benzene rings is 1. The molecule has 0 aliphatic heterocycles. The lowest BCUT2D eigenvalue weighted by molar-refractivity contribution is 0.601. The maximum Gasteiger partial charge on any atom is 0.265 e. The molecule has 0 amide bonds. The lowest BCUT2D eigenvalue weighted by atomic mass is 10.2. The molecule has 5 nitrogen and oxygen atoms in total. The zero-order chi connectivity index (χ0) is 15.0. The van der Waals surface area contributed by atoms with Crippen LogP contribution in [-0.2, 0) is 16.6 Å². The van der Waals surface area contributed by atoms with E-state index in [0.717, 1.165) is 10.4 Å². The zero-order valence-corrected chi connectivity index (χ0v) is 13.6. The molecule has 0 unspecified atom stereocenters. The number of thiazole rings is 1. The number of sulfonamides is 1. The van der Waals surface area contributed by atoms with Gasteiger partial charge in [-0.1, -0.05) is 18.2 Å². The second kappa shape index (κ2) is 5.38. The summed E-state index contributed by atoms with van der Waals surface area (Å²) in [4.78, 5) is 5.05. The van der Waals surface area contributed by atoms with Crippen LogP contribution in [0.5, 0.6) is 0 Å². The van der Waals surface area contributed by atoms with Crippen LogP contribution in [0.4, 0.5) is 5.13 Å². The van der Waals surface area contributed by atoms with Gasteiger partial charge in [-0.25, -0.2) is 13.4 Å². The molecule has 8 heteroatoms. The fourth-order valence-corrected chi connectivity index (χ4v) is 5.85. The van der Waals surface area contributed by atoms with Crippen molar-refractivity contribution in [2.45, 2.75) is 18.4 Å². The van der Waals surface area contributed by atoms with Crippen molar-refractivity contribution in [3.63, 3.8) is 0 Å². The van der Waals surface area contributed by atoms with Crippen LogP contribution in [0.2, 0.25) is 0 Å². The lowest BCUT2D eigenvalue weighted by Crippen LogP contribution is -2.15. The van der Waals surface area contributed by atoms with Crippen molar-refractivity contribution in [2.24, 2.45) is 5.73 Å². The van der Waals surface area contributed by atoms with Gasteiger partial charge < -0.3 is 5.73 Å². The Morgan fingerprint density at radius 2 is 2.10 bits per heavy atom. The fourth-order valence-electron chi connectivity index (χ4n) is 2.07. The summed E-state index contributed by atoms with van der Waals surface area (Å²) < 4.78 is 28.8. The summed E-state index contributed by atoms with van der Waals surface area (Å²) in [6, 6.07) is 7.40. The number of aromatic nitrogens is 1. The monoisotopic (exact) mass is 339 g/mol. The molecule has 2 aromatic heterocycles. The highest BCUT2D eigenvalue weighted by atomic mass is 32.2. The van der Waals surface area contributed by atoms with E-state index in [2.05, 4.69) is 9.71 Å². The molecule has 0 spiro atoms. The molecule has 3 rings (SSSR count). The highest BCUT2D eigenvalue weighted by Gasteiger charge is 2.24. The third-order valence-corrected chi connectivity index (χ3v) is 6.71. The van der Waals surface area contributed by atoms with E-state index in [1.165, 1.54) is 22.7 Å². The largest absolute Gasteiger partial charge is 0.326 e. The molecule has 0 aliphatic carbocycles. The van der Waals surface area contributed by atoms with Crippen LogP contribution in [0.3, 0.4) is 0 Å². The van der Waals surface area contributed by atoms with Crippen molar-refractivity contribution in [3.8, 4) is 0 Å². The first kappa shape index (κ1) is 14.5. The SMILES string of the molecule is Cc1csc(NS(=O)(=O)c2c(CN)sc3ccccc23)n1. The second-order valence-electron chi connectivity index (χ2n) is 4.45. The van der Waals surface area contributed by atoms with Crippen molar-refractivity contribution in [3.05, 3.63) is 40.2 Å². The van der Waals surface area contributed by atoms with Crippen molar-refractivity contribution in [1.29, 1.82) is 0 Å². The van der Waals surface area contributed by atoms with Crippen LogP contribution in [0, 0.1) is 6.92 Å². The first-order valence-corrected chi connectivity index (χ1v) is 9.34. The average Bonchev–Trinajstić information content (AvgIpc) is 3.01. The summed E-state index contributed by atoms with van der Waals surface area (Å²) in [6.07, 6.45) is 0. The van der Waals surface area contributed by atoms with Crippen LogP contribution in [0.1, 0.15) is 10.6 Å². The van der Waals surface area contributed by atoms with Crippen LogP contribution < -0.4 is 10.5 Å². The van der Waals surface area contributed by atoms with Gasteiger partial charge >= 0.3 is 0 Å². The molecule has 110 valence electrons. The van der Waals surface area contributed by atoms with Gasteiger partial charge in [0.15, 0.2) is 5.13 Å². The molecule has 0 saturated carbocycles. The van der Waals surface area contributed by atoms with E-state index in [4.69, 9.17) is 5.73 Å². The maximum absolute atomic E-state index is 12.7. The van der Waals surface area contributed by atoms with Gasteiger partial charge in [-0.3, -0.25) is 4.72 Å². The van der Waals surface area contributed by atoms with Crippen molar-refractivity contribution in [1.82, 2.24) is 4.98 Å². The number of anilines is 1. The van der Waals surface area contributed by atoms with Crippen LogP contribution in [0.25, 0.3) is 10.1 Å². The molecule has 21 heavy (non-hydrogen) atoms. The summed E-state index contributed by atoms with van der Waals surface area (Å²) >= 11 is 2.67. The molecule has 0 saturated heterocycles. The molecule has 0 atom stereocenters.